The molecule has 1 saturated heterocycles. The predicted molar refractivity (Wildman–Crippen MR) is 98.6 cm³/mol. The summed E-state index contributed by atoms with van der Waals surface area (Å²) in [4.78, 5) is 28.8. The number of hydrogen-bond acceptors (Lipinski definition) is 4. The number of fused-ring (bicyclic) bond motifs is 1. The smallest absolute Gasteiger partial charge is 0.240 e. The molecule has 1 aliphatic heterocycles. The molecule has 0 saturated carbocycles. The maximum absolute atomic E-state index is 12.5. The van der Waals surface area contributed by atoms with Crippen LogP contribution in [0.15, 0.2) is 24.3 Å². The summed E-state index contributed by atoms with van der Waals surface area (Å²) in [5.74, 6) is 0.554. The quantitative estimate of drug-likeness (QED) is 0.792. The Kier molecular flexibility index (Phi) is 5.88. The van der Waals surface area contributed by atoms with Crippen LogP contribution >= 0.6 is 0 Å². The number of para-hydroxylation sites is 2. The van der Waals surface area contributed by atoms with E-state index in [0.717, 1.165) is 30.5 Å². The number of nitrogens with zero attached hydrogens (tertiary/aromatic N) is 2. The zero-order valence-electron chi connectivity index (χ0n) is 15.3. The highest BCUT2D eigenvalue weighted by Crippen LogP contribution is 2.21. The van der Waals surface area contributed by atoms with Gasteiger partial charge in [0.05, 0.1) is 23.2 Å². The Morgan fingerprint density at radius 1 is 1.35 bits per heavy atom. The monoisotopic (exact) mass is 358 g/mol. The molecule has 0 spiro atoms. The molecule has 2 unspecified atom stereocenters. The van der Waals surface area contributed by atoms with Crippen LogP contribution in [0.2, 0.25) is 0 Å². The highest BCUT2D eigenvalue weighted by atomic mass is 16.5. The first-order valence-corrected chi connectivity index (χ1v) is 9.21. The van der Waals surface area contributed by atoms with E-state index < -0.39 is 0 Å². The fraction of sp³-hybridized carbons (Fsp3) is 0.526. The van der Waals surface area contributed by atoms with Gasteiger partial charge in [-0.05, 0) is 31.9 Å². The zero-order chi connectivity index (χ0) is 18.5. The van der Waals surface area contributed by atoms with E-state index in [1.807, 2.05) is 42.7 Å². The third kappa shape index (κ3) is 4.22. The molecule has 1 aliphatic rings. The Labute approximate surface area is 153 Å². The van der Waals surface area contributed by atoms with Crippen LogP contribution in [0.3, 0.4) is 0 Å². The highest BCUT2D eigenvalue weighted by molar-refractivity contribution is 5.81. The van der Waals surface area contributed by atoms with E-state index in [1.165, 1.54) is 0 Å². The molecule has 140 valence electrons. The third-order valence-corrected chi connectivity index (χ3v) is 4.62. The van der Waals surface area contributed by atoms with Crippen molar-refractivity contribution < 1.29 is 14.3 Å². The third-order valence-electron chi connectivity index (χ3n) is 4.62. The van der Waals surface area contributed by atoms with Gasteiger partial charge in [0.15, 0.2) is 0 Å². The van der Waals surface area contributed by atoms with E-state index >= 15 is 0 Å². The maximum Gasteiger partial charge on any atom is 0.240 e. The molecule has 1 fully saturated rings. The van der Waals surface area contributed by atoms with Crippen LogP contribution < -0.4 is 10.6 Å². The van der Waals surface area contributed by atoms with Gasteiger partial charge in [-0.15, -0.1) is 0 Å². The van der Waals surface area contributed by atoms with Crippen molar-refractivity contribution in [2.75, 3.05) is 13.2 Å². The number of benzene rings is 1. The molecule has 2 amide bonds. The van der Waals surface area contributed by atoms with Gasteiger partial charge in [-0.2, -0.15) is 0 Å². The lowest BCUT2D eigenvalue weighted by Crippen LogP contribution is -2.35. The molecule has 1 aromatic heterocycles. The van der Waals surface area contributed by atoms with E-state index in [1.54, 1.807) is 0 Å². The first-order chi connectivity index (χ1) is 12.6. The second-order valence-corrected chi connectivity index (χ2v) is 6.63. The van der Waals surface area contributed by atoms with Crippen LogP contribution in [-0.4, -0.2) is 40.6 Å². The number of ether oxygens (including phenoxy) is 1. The Morgan fingerprint density at radius 2 is 2.15 bits per heavy atom. The first-order valence-electron chi connectivity index (χ1n) is 9.21. The molecule has 7 heteroatoms. The molecule has 0 bridgehead atoms. The van der Waals surface area contributed by atoms with Gasteiger partial charge in [0, 0.05) is 19.6 Å². The lowest BCUT2D eigenvalue weighted by atomic mass is 10.2. The number of imidazole rings is 1. The summed E-state index contributed by atoms with van der Waals surface area (Å²) >= 11 is 0. The largest absolute Gasteiger partial charge is 0.376 e. The topological polar surface area (TPSA) is 85.2 Å². The highest BCUT2D eigenvalue weighted by Gasteiger charge is 2.21. The van der Waals surface area contributed by atoms with E-state index in [4.69, 9.17) is 4.74 Å². The van der Waals surface area contributed by atoms with E-state index in [9.17, 15) is 9.59 Å². The average Bonchev–Trinajstić information content (AvgIpc) is 3.28. The molecule has 3 rings (SSSR count). The van der Waals surface area contributed by atoms with Crippen molar-refractivity contribution in [2.24, 2.45) is 0 Å². The number of carbonyl (C=O) groups excluding carboxylic acids is 2. The van der Waals surface area contributed by atoms with Gasteiger partial charge in [0.1, 0.15) is 12.4 Å². The Hall–Kier alpha value is -2.41. The summed E-state index contributed by atoms with van der Waals surface area (Å²) < 4.78 is 7.42. The van der Waals surface area contributed by atoms with Crippen molar-refractivity contribution in [3.63, 3.8) is 0 Å². The zero-order valence-corrected chi connectivity index (χ0v) is 15.3. The van der Waals surface area contributed by atoms with E-state index in [-0.39, 0.29) is 30.5 Å². The summed E-state index contributed by atoms with van der Waals surface area (Å²) in [5.41, 5.74) is 1.69. The molecule has 2 atom stereocenters. The number of carbonyl (C=O) groups is 2. The van der Waals surface area contributed by atoms with Gasteiger partial charge in [-0.1, -0.05) is 19.1 Å². The number of nitrogens with one attached hydrogen (secondary N) is 2. The fourth-order valence-electron chi connectivity index (χ4n) is 3.23. The van der Waals surface area contributed by atoms with Gasteiger partial charge >= 0.3 is 0 Å². The van der Waals surface area contributed by atoms with Crippen LogP contribution in [0.1, 0.15) is 45.0 Å². The van der Waals surface area contributed by atoms with Crippen LogP contribution in [0.25, 0.3) is 11.0 Å². The molecule has 2 N–H and O–H groups in total. The predicted octanol–water partition coefficient (Wildman–Crippen LogP) is 1.92. The SMILES string of the molecule is CCC(=O)NC(C)c1nc2ccccc2n1CC(=O)NCC1CCCO1. The molecular formula is C19H26N4O3. The van der Waals surface area contributed by atoms with Gasteiger partial charge in [-0.25, -0.2) is 4.98 Å². The fourth-order valence-corrected chi connectivity index (χ4v) is 3.23. The summed E-state index contributed by atoms with van der Waals surface area (Å²) in [6.07, 6.45) is 2.55. The van der Waals surface area contributed by atoms with Crippen molar-refractivity contribution >= 4 is 22.8 Å². The van der Waals surface area contributed by atoms with E-state index in [0.29, 0.717) is 18.8 Å². The van der Waals surface area contributed by atoms with E-state index in [2.05, 4.69) is 15.6 Å². The van der Waals surface area contributed by atoms with Crippen LogP contribution in [0.4, 0.5) is 0 Å². The molecule has 7 nitrogen and oxygen atoms in total. The summed E-state index contributed by atoms with van der Waals surface area (Å²) in [5, 5.41) is 5.87. The number of rotatable bonds is 7. The van der Waals surface area contributed by atoms with Crippen molar-refractivity contribution in [1.29, 1.82) is 0 Å². The molecule has 0 aliphatic carbocycles. The number of amides is 2. The van der Waals surface area contributed by atoms with Crippen LogP contribution in [0.5, 0.6) is 0 Å². The standard InChI is InChI=1S/C19H26N4O3/c1-3-17(24)21-13(2)19-22-15-8-4-5-9-16(15)23(19)12-18(25)20-11-14-7-6-10-26-14/h4-5,8-9,13-14H,3,6-7,10-12H2,1-2H3,(H,20,25)(H,21,24). The average molecular weight is 358 g/mol. The van der Waals surface area contributed by atoms with Crippen molar-refractivity contribution in [3.05, 3.63) is 30.1 Å². The molecular weight excluding hydrogens is 332 g/mol. The molecule has 26 heavy (non-hydrogen) atoms. The minimum absolute atomic E-state index is 0.0426. The second kappa shape index (κ2) is 8.31. The Morgan fingerprint density at radius 3 is 2.88 bits per heavy atom. The minimum Gasteiger partial charge on any atom is -0.376 e. The second-order valence-electron chi connectivity index (χ2n) is 6.63. The maximum atomic E-state index is 12.5. The van der Waals surface area contributed by atoms with Gasteiger partial charge in [0.2, 0.25) is 11.8 Å². The molecule has 1 aromatic carbocycles. The molecule has 2 aromatic rings. The molecule has 2 heterocycles. The van der Waals surface area contributed by atoms with Gasteiger partial charge in [0.25, 0.3) is 0 Å². The Balaban J connectivity index is 1.77. The minimum atomic E-state index is -0.277. The first kappa shape index (κ1) is 18.4. The summed E-state index contributed by atoms with van der Waals surface area (Å²) in [7, 11) is 0. The lowest BCUT2D eigenvalue weighted by Gasteiger charge is -2.16. The number of aromatic nitrogens is 2. The van der Waals surface area contributed by atoms with Crippen molar-refractivity contribution in [1.82, 2.24) is 20.2 Å². The van der Waals surface area contributed by atoms with Crippen LogP contribution in [0, 0.1) is 0 Å². The Bertz CT molecular complexity index is 780. The summed E-state index contributed by atoms with van der Waals surface area (Å²) in [6, 6.07) is 7.41. The van der Waals surface area contributed by atoms with Gasteiger partial charge in [-0.3, -0.25) is 9.59 Å². The normalized spacial score (nSPS) is 18.0. The van der Waals surface area contributed by atoms with Crippen molar-refractivity contribution in [3.8, 4) is 0 Å². The lowest BCUT2D eigenvalue weighted by molar-refractivity contribution is -0.122. The number of hydrogen-bond donors (Lipinski definition) is 2. The van der Waals surface area contributed by atoms with Crippen LogP contribution in [-0.2, 0) is 20.9 Å². The molecule has 0 radical (unpaired) electrons. The van der Waals surface area contributed by atoms with Gasteiger partial charge < -0.3 is 19.9 Å². The van der Waals surface area contributed by atoms with Crippen molar-refractivity contribution in [2.45, 2.75) is 51.8 Å². The summed E-state index contributed by atoms with van der Waals surface area (Å²) in [6.45, 7) is 5.16.